The molecule has 0 bridgehead atoms. The van der Waals surface area contributed by atoms with E-state index in [1.807, 2.05) is 6.07 Å². The third kappa shape index (κ3) is 2.29. The molecule has 0 aromatic heterocycles. The first-order chi connectivity index (χ1) is 7.58. The number of halogens is 1. The smallest absolute Gasteiger partial charge is 0.217 e. The van der Waals surface area contributed by atoms with Gasteiger partial charge in [-0.15, -0.1) is 0 Å². The van der Waals surface area contributed by atoms with Crippen LogP contribution in [-0.2, 0) is 4.74 Å². The van der Waals surface area contributed by atoms with E-state index in [4.69, 9.17) is 4.74 Å². The zero-order valence-corrected chi connectivity index (χ0v) is 11.4. The molecule has 1 aromatic carbocycles. The van der Waals surface area contributed by atoms with Crippen LogP contribution in [0.4, 0.5) is 0 Å². The van der Waals surface area contributed by atoms with Gasteiger partial charge < -0.3 is 4.74 Å². The monoisotopic (exact) mass is 281 g/mol. The molecule has 0 spiro atoms. The van der Waals surface area contributed by atoms with E-state index in [-0.39, 0.29) is 0 Å². The average molecular weight is 282 g/mol. The van der Waals surface area contributed by atoms with Crippen LogP contribution in [0.1, 0.15) is 25.0 Å². The zero-order chi connectivity index (χ0) is 11.7. The van der Waals surface area contributed by atoms with Crippen LogP contribution in [0, 0.1) is 12.8 Å². The highest BCUT2D eigenvalue weighted by Crippen LogP contribution is 2.24. The minimum atomic E-state index is 0.294. The summed E-state index contributed by atoms with van der Waals surface area (Å²) in [6, 6.07) is 6.51. The molecule has 1 aromatic rings. The van der Waals surface area contributed by atoms with Crippen LogP contribution in [0.25, 0.3) is 0 Å². The van der Waals surface area contributed by atoms with Gasteiger partial charge in [-0.1, -0.05) is 25.5 Å². The molecule has 0 N–H and O–H groups in total. The fraction of sp³-hybridized carbons (Fsp3) is 0.462. The molecule has 86 valence electrons. The second-order valence-electron chi connectivity index (χ2n) is 4.54. The van der Waals surface area contributed by atoms with E-state index in [0.29, 0.717) is 18.6 Å². The van der Waals surface area contributed by atoms with Gasteiger partial charge in [0.2, 0.25) is 5.90 Å². The van der Waals surface area contributed by atoms with Gasteiger partial charge in [-0.2, -0.15) is 0 Å². The Bertz CT molecular complexity index is 426. The molecule has 1 aliphatic rings. The Morgan fingerprint density at radius 3 is 2.81 bits per heavy atom. The molecule has 1 heterocycles. The van der Waals surface area contributed by atoms with Gasteiger partial charge in [-0.3, -0.25) is 0 Å². The van der Waals surface area contributed by atoms with E-state index in [1.165, 1.54) is 5.56 Å². The molecule has 1 atom stereocenters. The van der Waals surface area contributed by atoms with E-state index in [2.05, 4.69) is 53.8 Å². The summed E-state index contributed by atoms with van der Waals surface area (Å²) >= 11 is 3.54. The lowest BCUT2D eigenvalue weighted by atomic mass is 10.1. The van der Waals surface area contributed by atoms with Gasteiger partial charge in [0.05, 0.1) is 11.6 Å². The van der Waals surface area contributed by atoms with Crippen LogP contribution in [0.15, 0.2) is 27.7 Å². The molecule has 0 fully saturated rings. The Balaban J connectivity index is 2.32. The van der Waals surface area contributed by atoms with E-state index in [0.717, 1.165) is 15.9 Å². The van der Waals surface area contributed by atoms with E-state index in [1.54, 1.807) is 0 Å². The summed E-state index contributed by atoms with van der Waals surface area (Å²) in [6.45, 7) is 7.12. The molecule has 0 saturated carbocycles. The predicted octanol–water partition coefficient (Wildman–Crippen LogP) is 3.56. The molecule has 0 aliphatic carbocycles. The van der Waals surface area contributed by atoms with Gasteiger partial charge in [0.1, 0.15) is 6.61 Å². The molecule has 0 radical (unpaired) electrons. The Morgan fingerprint density at radius 2 is 2.19 bits per heavy atom. The van der Waals surface area contributed by atoms with Crippen molar-refractivity contribution in [3.05, 3.63) is 33.8 Å². The van der Waals surface area contributed by atoms with Crippen LogP contribution in [0.2, 0.25) is 0 Å². The Hall–Kier alpha value is -0.830. The molecule has 3 heteroatoms. The highest BCUT2D eigenvalue weighted by molar-refractivity contribution is 9.10. The van der Waals surface area contributed by atoms with Gasteiger partial charge in [0, 0.05) is 4.47 Å². The normalized spacial score (nSPS) is 19.8. The molecule has 16 heavy (non-hydrogen) atoms. The lowest BCUT2D eigenvalue weighted by molar-refractivity contribution is 0.291. The van der Waals surface area contributed by atoms with Crippen LogP contribution in [0.5, 0.6) is 0 Å². The topological polar surface area (TPSA) is 21.6 Å². The first-order valence-corrected chi connectivity index (χ1v) is 6.34. The van der Waals surface area contributed by atoms with Gasteiger partial charge in [-0.25, -0.2) is 4.99 Å². The van der Waals surface area contributed by atoms with E-state index in [9.17, 15) is 0 Å². The first-order valence-electron chi connectivity index (χ1n) is 5.55. The second-order valence-corrected chi connectivity index (χ2v) is 5.39. The Kier molecular flexibility index (Phi) is 3.33. The van der Waals surface area contributed by atoms with E-state index >= 15 is 0 Å². The summed E-state index contributed by atoms with van der Waals surface area (Å²) in [5, 5.41) is 0. The number of benzene rings is 1. The summed E-state index contributed by atoms with van der Waals surface area (Å²) in [5.74, 6) is 1.30. The maximum atomic E-state index is 5.67. The van der Waals surface area contributed by atoms with Crippen molar-refractivity contribution in [3.63, 3.8) is 0 Å². The molecule has 0 amide bonds. The molecule has 2 nitrogen and oxygen atoms in total. The van der Waals surface area contributed by atoms with Crippen molar-refractivity contribution in [3.8, 4) is 0 Å². The predicted molar refractivity (Wildman–Crippen MR) is 70.0 cm³/mol. The number of ether oxygens (including phenoxy) is 1. The van der Waals surface area contributed by atoms with Crippen molar-refractivity contribution in [2.24, 2.45) is 10.9 Å². The fourth-order valence-corrected chi connectivity index (χ4v) is 2.10. The first kappa shape index (κ1) is 11.6. The van der Waals surface area contributed by atoms with Gasteiger partial charge in [0.25, 0.3) is 0 Å². The maximum Gasteiger partial charge on any atom is 0.217 e. The molecule has 2 rings (SSSR count). The minimum absolute atomic E-state index is 0.294. The summed E-state index contributed by atoms with van der Waals surface area (Å²) in [4.78, 5) is 4.62. The molecular formula is C13H16BrNO. The fourth-order valence-electron chi connectivity index (χ4n) is 1.68. The van der Waals surface area contributed by atoms with Gasteiger partial charge in [-0.05, 0) is 40.9 Å². The van der Waals surface area contributed by atoms with E-state index < -0.39 is 0 Å². The lowest BCUT2D eigenvalue weighted by Gasteiger charge is -2.06. The largest absolute Gasteiger partial charge is 0.475 e. The summed E-state index contributed by atoms with van der Waals surface area (Å²) < 4.78 is 6.71. The number of hydrogen-bond donors (Lipinski definition) is 0. The maximum absolute atomic E-state index is 5.67. The summed E-state index contributed by atoms with van der Waals surface area (Å²) in [5.41, 5.74) is 2.28. The third-order valence-electron chi connectivity index (χ3n) is 2.80. The highest BCUT2D eigenvalue weighted by Gasteiger charge is 2.23. The van der Waals surface area contributed by atoms with Crippen LogP contribution < -0.4 is 0 Å². The molecule has 1 aliphatic heterocycles. The third-order valence-corrected chi connectivity index (χ3v) is 3.49. The van der Waals surface area contributed by atoms with Crippen molar-refractivity contribution in [2.75, 3.05) is 6.61 Å². The Morgan fingerprint density at radius 1 is 1.44 bits per heavy atom. The lowest BCUT2D eigenvalue weighted by Crippen LogP contribution is -2.13. The van der Waals surface area contributed by atoms with Gasteiger partial charge in [0.15, 0.2) is 0 Å². The van der Waals surface area contributed by atoms with Crippen molar-refractivity contribution >= 4 is 21.8 Å². The average Bonchev–Trinajstić information content (AvgIpc) is 2.70. The summed E-state index contributed by atoms with van der Waals surface area (Å²) in [7, 11) is 0. The quantitative estimate of drug-likeness (QED) is 0.812. The Labute approximate surface area is 105 Å². The van der Waals surface area contributed by atoms with Crippen LogP contribution in [0.3, 0.4) is 0 Å². The van der Waals surface area contributed by atoms with Crippen molar-refractivity contribution in [1.82, 2.24) is 0 Å². The summed E-state index contributed by atoms with van der Waals surface area (Å²) in [6.07, 6.45) is 0. The van der Waals surface area contributed by atoms with Crippen molar-refractivity contribution < 1.29 is 4.74 Å². The molecular weight excluding hydrogens is 266 g/mol. The molecule has 0 saturated heterocycles. The molecule has 1 unspecified atom stereocenters. The van der Waals surface area contributed by atoms with Gasteiger partial charge >= 0.3 is 0 Å². The number of aliphatic imine (C=N–C) groups is 1. The standard InChI is InChI=1S/C13H16BrNO/c1-8(2)12-7-16-13(15-12)10-6-9(3)4-5-11(10)14/h4-6,8,12H,7H2,1-3H3. The van der Waals surface area contributed by atoms with Crippen LogP contribution in [-0.4, -0.2) is 18.5 Å². The van der Waals surface area contributed by atoms with Crippen molar-refractivity contribution in [1.29, 1.82) is 0 Å². The highest BCUT2D eigenvalue weighted by atomic mass is 79.9. The second kappa shape index (κ2) is 4.58. The van der Waals surface area contributed by atoms with Crippen molar-refractivity contribution in [2.45, 2.75) is 26.8 Å². The number of aryl methyl sites for hydroxylation is 1. The number of nitrogens with zero attached hydrogens (tertiary/aromatic N) is 1. The zero-order valence-electron chi connectivity index (χ0n) is 9.83. The van der Waals surface area contributed by atoms with Crippen LogP contribution >= 0.6 is 15.9 Å². The number of rotatable bonds is 2. The SMILES string of the molecule is Cc1ccc(Br)c(C2=NC(C(C)C)CO2)c1. The minimum Gasteiger partial charge on any atom is -0.475 e. The number of hydrogen-bond acceptors (Lipinski definition) is 2.